The number of nitrogens with one attached hydrogen (secondary N) is 1. The van der Waals surface area contributed by atoms with Crippen molar-refractivity contribution in [2.24, 2.45) is 5.14 Å². The molecule has 3 N–H and O–H groups in total. The number of nitrogens with zero attached hydrogens (tertiary/aromatic N) is 2. The van der Waals surface area contributed by atoms with Crippen molar-refractivity contribution in [2.75, 3.05) is 5.32 Å². The average molecular weight is 425 g/mol. The molecule has 0 bridgehead atoms. The number of nitrogens with two attached hydrogens (primary N) is 1. The molecule has 6 nitrogen and oxygen atoms in total. The van der Waals surface area contributed by atoms with Crippen molar-refractivity contribution in [1.82, 2.24) is 9.97 Å². The summed E-state index contributed by atoms with van der Waals surface area (Å²) < 4.78 is 23.4. The third-order valence-corrected chi connectivity index (χ3v) is 6.70. The standard InChI is InChI=1S/C21H20N4O2S2/c1-2-18(15-9-6-10-16(11-15)29(22,26)27)25-20-17-12-19(14-7-4-3-5-8-14)28-21(17)24-13-23-20/h3-13,18H,2H2,1H3,(H2,22,26,27)(H,23,24,25). The molecule has 2 aromatic heterocycles. The molecule has 148 valence electrons. The number of aromatic nitrogens is 2. The second kappa shape index (κ2) is 7.90. The Morgan fingerprint density at radius 1 is 1.07 bits per heavy atom. The molecule has 4 rings (SSSR count). The van der Waals surface area contributed by atoms with Gasteiger partial charge in [-0.15, -0.1) is 11.3 Å². The van der Waals surface area contributed by atoms with Gasteiger partial charge in [0.1, 0.15) is 17.0 Å². The molecule has 0 aliphatic heterocycles. The number of hydrogen-bond acceptors (Lipinski definition) is 6. The number of sulfonamides is 1. The highest BCUT2D eigenvalue weighted by atomic mass is 32.2. The lowest BCUT2D eigenvalue weighted by Gasteiger charge is -2.19. The van der Waals surface area contributed by atoms with Crippen LogP contribution < -0.4 is 10.5 Å². The van der Waals surface area contributed by atoms with E-state index in [0.29, 0.717) is 0 Å². The molecule has 29 heavy (non-hydrogen) atoms. The van der Waals surface area contributed by atoms with E-state index in [4.69, 9.17) is 5.14 Å². The van der Waals surface area contributed by atoms with Crippen molar-refractivity contribution >= 4 is 37.4 Å². The Bertz CT molecular complexity index is 1250. The Morgan fingerprint density at radius 2 is 1.86 bits per heavy atom. The van der Waals surface area contributed by atoms with E-state index < -0.39 is 10.0 Å². The van der Waals surface area contributed by atoms with Gasteiger partial charge in [-0.25, -0.2) is 23.5 Å². The summed E-state index contributed by atoms with van der Waals surface area (Å²) in [6, 6.07) is 18.8. The maximum absolute atomic E-state index is 11.7. The van der Waals surface area contributed by atoms with Crippen LogP contribution in [0.2, 0.25) is 0 Å². The van der Waals surface area contributed by atoms with Crippen molar-refractivity contribution in [3.05, 3.63) is 72.6 Å². The minimum absolute atomic E-state index is 0.102. The normalized spacial score (nSPS) is 12.8. The number of benzene rings is 2. The van der Waals surface area contributed by atoms with Crippen LogP contribution in [-0.2, 0) is 10.0 Å². The minimum Gasteiger partial charge on any atom is -0.363 e. The molecule has 0 aliphatic rings. The fourth-order valence-corrected chi connectivity index (χ4v) is 4.78. The van der Waals surface area contributed by atoms with E-state index in [1.54, 1.807) is 29.8 Å². The molecule has 1 atom stereocenters. The van der Waals surface area contributed by atoms with Gasteiger partial charge in [-0.1, -0.05) is 49.4 Å². The summed E-state index contributed by atoms with van der Waals surface area (Å²) in [6.07, 6.45) is 2.29. The summed E-state index contributed by atoms with van der Waals surface area (Å²) in [5.74, 6) is 0.723. The van der Waals surface area contributed by atoms with E-state index in [1.165, 1.54) is 6.07 Å². The molecule has 0 radical (unpaired) electrons. The molecule has 1 unspecified atom stereocenters. The van der Waals surface area contributed by atoms with Gasteiger partial charge in [0.25, 0.3) is 0 Å². The zero-order chi connectivity index (χ0) is 20.4. The van der Waals surface area contributed by atoms with Gasteiger partial charge in [-0.3, -0.25) is 0 Å². The van der Waals surface area contributed by atoms with Gasteiger partial charge >= 0.3 is 0 Å². The molecule has 2 aromatic carbocycles. The van der Waals surface area contributed by atoms with Gasteiger partial charge in [0.15, 0.2) is 0 Å². The van der Waals surface area contributed by atoms with Crippen molar-refractivity contribution < 1.29 is 8.42 Å². The maximum atomic E-state index is 11.7. The van der Waals surface area contributed by atoms with Gasteiger partial charge in [0, 0.05) is 4.88 Å². The highest BCUT2D eigenvalue weighted by Crippen LogP contribution is 2.36. The number of fused-ring (bicyclic) bond motifs is 1. The van der Waals surface area contributed by atoms with E-state index in [1.807, 2.05) is 31.2 Å². The van der Waals surface area contributed by atoms with Gasteiger partial charge in [-0.05, 0) is 35.7 Å². The van der Waals surface area contributed by atoms with Crippen molar-refractivity contribution in [3.63, 3.8) is 0 Å². The number of thiophene rings is 1. The van der Waals surface area contributed by atoms with E-state index >= 15 is 0 Å². The Hall–Kier alpha value is -2.81. The zero-order valence-electron chi connectivity index (χ0n) is 15.7. The van der Waals surface area contributed by atoms with E-state index in [-0.39, 0.29) is 10.9 Å². The Morgan fingerprint density at radius 3 is 2.59 bits per heavy atom. The summed E-state index contributed by atoms with van der Waals surface area (Å²) in [5, 5.41) is 9.68. The largest absolute Gasteiger partial charge is 0.363 e. The summed E-state index contributed by atoms with van der Waals surface area (Å²) in [7, 11) is -3.75. The van der Waals surface area contributed by atoms with E-state index in [0.717, 1.165) is 38.5 Å². The monoisotopic (exact) mass is 424 g/mol. The van der Waals surface area contributed by atoms with Crippen LogP contribution in [0.3, 0.4) is 0 Å². The lowest BCUT2D eigenvalue weighted by atomic mass is 10.0. The number of rotatable bonds is 6. The third-order valence-electron chi connectivity index (χ3n) is 4.70. The summed E-state index contributed by atoms with van der Waals surface area (Å²) in [6.45, 7) is 2.03. The first kappa shape index (κ1) is 19.5. The fourth-order valence-electron chi connectivity index (χ4n) is 3.21. The summed E-state index contributed by atoms with van der Waals surface area (Å²) in [5.41, 5.74) is 1.97. The van der Waals surface area contributed by atoms with Crippen LogP contribution in [0.15, 0.2) is 71.9 Å². The quantitative estimate of drug-likeness (QED) is 0.472. The smallest absolute Gasteiger partial charge is 0.238 e. The molecule has 8 heteroatoms. The van der Waals surface area contributed by atoms with Crippen LogP contribution in [-0.4, -0.2) is 18.4 Å². The number of hydrogen-bond donors (Lipinski definition) is 2. The minimum atomic E-state index is -3.75. The highest BCUT2D eigenvalue weighted by molar-refractivity contribution is 7.89. The fraction of sp³-hybridized carbons (Fsp3) is 0.143. The highest BCUT2D eigenvalue weighted by Gasteiger charge is 2.17. The van der Waals surface area contributed by atoms with Crippen molar-refractivity contribution in [2.45, 2.75) is 24.3 Å². The molecular formula is C21H20N4O2S2. The Labute approximate surface area is 173 Å². The van der Waals surface area contributed by atoms with Crippen LogP contribution in [0.25, 0.3) is 20.7 Å². The second-order valence-electron chi connectivity index (χ2n) is 6.64. The van der Waals surface area contributed by atoms with Gasteiger partial charge in [-0.2, -0.15) is 0 Å². The molecular weight excluding hydrogens is 404 g/mol. The first-order valence-electron chi connectivity index (χ1n) is 9.15. The first-order valence-corrected chi connectivity index (χ1v) is 11.5. The van der Waals surface area contributed by atoms with E-state index in [2.05, 4.69) is 33.5 Å². The van der Waals surface area contributed by atoms with Gasteiger partial charge in [0.2, 0.25) is 10.0 Å². The predicted octanol–water partition coefficient (Wildman–Crippen LogP) is 4.57. The number of primary sulfonamides is 1. The van der Waals surface area contributed by atoms with E-state index in [9.17, 15) is 8.42 Å². The molecule has 0 fully saturated rings. The number of anilines is 1. The summed E-state index contributed by atoms with van der Waals surface area (Å²) >= 11 is 1.61. The van der Waals surface area contributed by atoms with Gasteiger partial charge < -0.3 is 5.32 Å². The summed E-state index contributed by atoms with van der Waals surface area (Å²) in [4.78, 5) is 11.0. The maximum Gasteiger partial charge on any atom is 0.238 e. The predicted molar refractivity (Wildman–Crippen MR) is 117 cm³/mol. The molecule has 4 aromatic rings. The van der Waals surface area contributed by atoms with Crippen LogP contribution in [0.4, 0.5) is 5.82 Å². The van der Waals surface area contributed by atoms with Crippen LogP contribution >= 0.6 is 11.3 Å². The molecule has 0 aliphatic carbocycles. The van der Waals surface area contributed by atoms with Crippen LogP contribution in [0.5, 0.6) is 0 Å². The van der Waals surface area contributed by atoms with Gasteiger partial charge in [0.05, 0.1) is 16.3 Å². The molecule has 2 heterocycles. The van der Waals surface area contributed by atoms with Crippen LogP contribution in [0, 0.1) is 0 Å². The Balaban J connectivity index is 1.70. The molecule has 0 spiro atoms. The average Bonchev–Trinajstić information content (AvgIpc) is 3.17. The van der Waals surface area contributed by atoms with Crippen LogP contribution in [0.1, 0.15) is 24.9 Å². The van der Waals surface area contributed by atoms with Crippen molar-refractivity contribution in [1.29, 1.82) is 0 Å². The SMILES string of the molecule is CCC(Nc1ncnc2sc(-c3ccccc3)cc12)c1cccc(S(N)(=O)=O)c1. The third kappa shape index (κ3) is 4.14. The molecule has 0 amide bonds. The molecule has 0 saturated heterocycles. The Kier molecular flexibility index (Phi) is 5.31. The first-order chi connectivity index (χ1) is 14.0. The molecule has 0 saturated carbocycles. The lowest BCUT2D eigenvalue weighted by Crippen LogP contribution is -2.15. The van der Waals surface area contributed by atoms with Crippen molar-refractivity contribution in [3.8, 4) is 10.4 Å². The topological polar surface area (TPSA) is 98.0 Å². The zero-order valence-corrected chi connectivity index (χ0v) is 17.4. The second-order valence-corrected chi connectivity index (χ2v) is 9.23. The lowest BCUT2D eigenvalue weighted by molar-refractivity contribution is 0.597.